The second kappa shape index (κ2) is 10.2. The number of Topliss-reactive ketones (excluding diaryl/α,β-unsaturated/α-hetero) is 1. The van der Waals surface area contributed by atoms with E-state index in [1.807, 2.05) is 6.20 Å². The summed E-state index contributed by atoms with van der Waals surface area (Å²) in [6, 6.07) is 12.7. The molecule has 0 radical (unpaired) electrons. The fourth-order valence-corrected chi connectivity index (χ4v) is 4.44. The van der Waals surface area contributed by atoms with Crippen LogP contribution < -0.4 is 5.32 Å². The lowest BCUT2D eigenvalue weighted by molar-refractivity contribution is -0.122. The van der Waals surface area contributed by atoms with Crippen LogP contribution in [0.5, 0.6) is 0 Å². The number of ketones is 1. The molecule has 1 aromatic carbocycles. The number of aliphatic hydroxyl groups is 1. The maximum atomic E-state index is 11.7. The molecule has 0 amide bonds. The van der Waals surface area contributed by atoms with E-state index in [0.29, 0.717) is 31.2 Å². The van der Waals surface area contributed by atoms with Crippen molar-refractivity contribution in [2.45, 2.75) is 46.1 Å². The molecule has 8 heteroatoms. The van der Waals surface area contributed by atoms with Crippen molar-refractivity contribution in [3.05, 3.63) is 64.9 Å². The number of thiophene rings is 1. The molecule has 4 aromatic rings. The third kappa shape index (κ3) is 5.29. The van der Waals surface area contributed by atoms with E-state index in [4.69, 9.17) is 9.97 Å². The minimum absolute atomic E-state index is 0.0184. The summed E-state index contributed by atoms with van der Waals surface area (Å²) in [6.45, 7) is 6.17. The molecule has 3 heterocycles. The zero-order chi connectivity index (χ0) is 23.4. The van der Waals surface area contributed by atoms with E-state index in [9.17, 15) is 9.90 Å². The summed E-state index contributed by atoms with van der Waals surface area (Å²) in [7, 11) is 0. The van der Waals surface area contributed by atoms with Crippen LogP contribution in [0.2, 0.25) is 0 Å². The summed E-state index contributed by atoms with van der Waals surface area (Å²) in [5.41, 5.74) is 4.16. The number of benzene rings is 1. The highest BCUT2D eigenvalue weighted by molar-refractivity contribution is 7.13. The second-order valence-electron chi connectivity index (χ2n) is 8.51. The van der Waals surface area contributed by atoms with Crippen LogP contribution in [0, 0.1) is 5.92 Å². The van der Waals surface area contributed by atoms with Crippen molar-refractivity contribution in [1.82, 2.24) is 19.6 Å². The number of nitrogens with one attached hydrogen (secondary N) is 1. The minimum Gasteiger partial charge on any atom is -0.396 e. The van der Waals surface area contributed by atoms with Crippen LogP contribution in [-0.2, 0) is 17.8 Å². The van der Waals surface area contributed by atoms with Crippen LogP contribution in [0.1, 0.15) is 50.1 Å². The van der Waals surface area contributed by atoms with Crippen molar-refractivity contribution in [2.75, 3.05) is 11.9 Å². The normalized spacial score (nSPS) is 12.4. The van der Waals surface area contributed by atoms with Gasteiger partial charge in [-0.1, -0.05) is 44.2 Å². The maximum absolute atomic E-state index is 11.7. The number of carbonyl (C=O) groups is 1. The molecule has 1 unspecified atom stereocenters. The van der Waals surface area contributed by atoms with Crippen LogP contribution in [0.4, 0.5) is 5.95 Å². The molecule has 0 bridgehead atoms. The van der Waals surface area contributed by atoms with Crippen molar-refractivity contribution < 1.29 is 9.90 Å². The predicted molar refractivity (Wildman–Crippen MR) is 132 cm³/mol. The average molecular weight is 464 g/mol. The number of carbonyl (C=O) groups excluding carboxylic acids is 1. The first kappa shape index (κ1) is 23.1. The molecule has 0 spiro atoms. The maximum Gasteiger partial charge on any atom is 0.227 e. The highest BCUT2D eigenvalue weighted by Gasteiger charge is 2.18. The van der Waals surface area contributed by atoms with Gasteiger partial charge in [-0.25, -0.2) is 4.98 Å². The molecule has 3 aromatic heterocycles. The fraction of sp³-hybridized carbons (Fsp3) is 0.360. The summed E-state index contributed by atoms with van der Waals surface area (Å²) in [6.07, 6.45) is 2.86. The van der Waals surface area contributed by atoms with Gasteiger partial charge in [0.15, 0.2) is 5.65 Å². The van der Waals surface area contributed by atoms with Crippen molar-refractivity contribution in [3.8, 4) is 10.4 Å². The number of hydrogen-bond donors (Lipinski definition) is 2. The Hall–Kier alpha value is -3.10. The molecule has 2 N–H and O–H groups in total. The molecule has 0 saturated carbocycles. The smallest absolute Gasteiger partial charge is 0.227 e. The van der Waals surface area contributed by atoms with E-state index in [1.165, 1.54) is 17.4 Å². The Kier molecular flexibility index (Phi) is 7.15. The molecule has 0 fully saturated rings. The van der Waals surface area contributed by atoms with Crippen molar-refractivity contribution in [1.29, 1.82) is 0 Å². The van der Waals surface area contributed by atoms with Gasteiger partial charge in [0, 0.05) is 29.3 Å². The van der Waals surface area contributed by atoms with Gasteiger partial charge in [-0.15, -0.1) is 11.3 Å². The lowest BCUT2D eigenvalue weighted by Gasteiger charge is -2.13. The first-order valence-electron chi connectivity index (χ1n) is 11.2. The Morgan fingerprint density at radius 2 is 1.97 bits per heavy atom. The van der Waals surface area contributed by atoms with E-state index >= 15 is 0 Å². The zero-order valence-electron chi connectivity index (χ0n) is 19.2. The Morgan fingerprint density at radius 1 is 1.18 bits per heavy atom. The number of aryl methyl sites for hydroxylation is 1. The third-order valence-electron chi connectivity index (χ3n) is 5.79. The van der Waals surface area contributed by atoms with Crippen LogP contribution >= 0.6 is 11.3 Å². The Morgan fingerprint density at radius 3 is 2.61 bits per heavy atom. The summed E-state index contributed by atoms with van der Waals surface area (Å²) in [4.78, 5) is 22.4. The first-order valence-corrected chi connectivity index (χ1v) is 12.1. The summed E-state index contributed by atoms with van der Waals surface area (Å²) >= 11 is 1.73. The van der Waals surface area contributed by atoms with Gasteiger partial charge >= 0.3 is 0 Å². The van der Waals surface area contributed by atoms with Crippen molar-refractivity contribution in [2.24, 2.45) is 5.92 Å². The van der Waals surface area contributed by atoms with E-state index in [2.05, 4.69) is 66.0 Å². The summed E-state index contributed by atoms with van der Waals surface area (Å²) in [5.74, 6) is 1.12. The molecule has 0 aliphatic rings. The molecule has 172 valence electrons. The van der Waals surface area contributed by atoms with Gasteiger partial charge in [-0.3, -0.25) is 4.79 Å². The number of aliphatic hydroxyl groups excluding tert-OH is 1. The second-order valence-corrected chi connectivity index (χ2v) is 9.46. The zero-order valence-corrected chi connectivity index (χ0v) is 20.0. The fourth-order valence-electron chi connectivity index (χ4n) is 3.71. The number of rotatable bonds is 10. The molecule has 1 atom stereocenters. The Balaban J connectivity index is 1.56. The highest BCUT2D eigenvalue weighted by atomic mass is 32.1. The largest absolute Gasteiger partial charge is 0.396 e. The third-order valence-corrected chi connectivity index (χ3v) is 6.70. The SMILES string of the molecule is CC(=O)C(CO)CCc1nc(NCc2ccc(-c3cccs3)cc2)n2ncc(C(C)C)c2n1. The quantitative estimate of drug-likeness (QED) is 0.354. The molecular formula is C25H29N5O2S. The predicted octanol–water partition coefficient (Wildman–Crippen LogP) is 4.72. The van der Waals surface area contributed by atoms with E-state index < -0.39 is 5.92 Å². The van der Waals surface area contributed by atoms with Gasteiger partial charge in [0.25, 0.3) is 0 Å². The molecular weight excluding hydrogens is 434 g/mol. The number of anilines is 1. The van der Waals surface area contributed by atoms with Gasteiger partial charge in [-0.05, 0) is 41.8 Å². The van der Waals surface area contributed by atoms with E-state index in [0.717, 1.165) is 16.8 Å². The number of nitrogens with zero attached hydrogens (tertiary/aromatic N) is 4. The first-order chi connectivity index (χ1) is 16.0. The Bertz CT molecular complexity index is 1220. The number of aromatic nitrogens is 4. The molecule has 0 saturated heterocycles. The number of hydrogen-bond acceptors (Lipinski definition) is 7. The molecule has 0 aliphatic heterocycles. The average Bonchev–Trinajstić information content (AvgIpc) is 3.48. The van der Waals surface area contributed by atoms with Gasteiger partial charge in [0.05, 0.1) is 12.8 Å². The Labute approximate surface area is 197 Å². The summed E-state index contributed by atoms with van der Waals surface area (Å²) < 4.78 is 1.74. The molecule has 33 heavy (non-hydrogen) atoms. The van der Waals surface area contributed by atoms with Crippen molar-refractivity contribution >= 4 is 28.7 Å². The van der Waals surface area contributed by atoms with Crippen molar-refractivity contribution in [3.63, 3.8) is 0 Å². The van der Waals surface area contributed by atoms with Crippen LogP contribution in [0.3, 0.4) is 0 Å². The van der Waals surface area contributed by atoms with Crippen LogP contribution in [0.15, 0.2) is 48.0 Å². The monoisotopic (exact) mass is 463 g/mol. The van der Waals surface area contributed by atoms with Crippen LogP contribution in [0.25, 0.3) is 16.1 Å². The van der Waals surface area contributed by atoms with Gasteiger partial charge in [0.1, 0.15) is 11.6 Å². The topological polar surface area (TPSA) is 92.4 Å². The molecule has 4 rings (SSSR count). The van der Waals surface area contributed by atoms with Crippen LogP contribution in [-0.4, -0.2) is 37.1 Å². The lowest BCUT2D eigenvalue weighted by atomic mass is 10.00. The lowest BCUT2D eigenvalue weighted by Crippen LogP contribution is -2.17. The molecule has 0 aliphatic carbocycles. The summed E-state index contributed by atoms with van der Waals surface area (Å²) in [5, 5.41) is 19.5. The standard InChI is InChI=1S/C25H29N5O2S/c1-16(2)21-14-27-30-24(21)28-23(11-10-20(15-31)17(3)32)29-25(30)26-13-18-6-8-19(9-7-18)22-5-4-12-33-22/h4-9,12,14,16,20,31H,10-11,13,15H2,1-3H3,(H,26,28,29). The van der Waals surface area contributed by atoms with Gasteiger partial charge in [-0.2, -0.15) is 14.6 Å². The van der Waals surface area contributed by atoms with Gasteiger partial charge in [0.2, 0.25) is 5.95 Å². The highest BCUT2D eigenvalue weighted by Crippen LogP contribution is 2.25. The van der Waals surface area contributed by atoms with Gasteiger partial charge < -0.3 is 10.4 Å². The van der Waals surface area contributed by atoms with E-state index in [1.54, 1.807) is 15.9 Å². The molecule has 7 nitrogen and oxygen atoms in total. The van der Waals surface area contributed by atoms with E-state index in [-0.39, 0.29) is 18.3 Å². The number of fused-ring (bicyclic) bond motifs is 1. The minimum atomic E-state index is -0.391.